The van der Waals surface area contributed by atoms with Gasteiger partial charge in [-0.1, -0.05) is 0 Å². The monoisotopic (exact) mass is 1440 g/mol. The van der Waals surface area contributed by atoms with Crippen LogP contribution < -0.4 is 14.1 Å². The minimum atomic E-state index is -1.32. The van der Waals surface area contributed by atoms with Crippen molar-refractivity contribution in [3.8, 4) is 0 Å². The van der Waals surface area contributed by atoms with Crippen LogP contribution in [-0.2, 0) is 0 Å². The average molecular weight is 1430 g/mol. The fourth-order valence-corrected chi connectivity index (χ4v) is 14.3. The van der Waals surface area contributed by atoms with Gasteiger partial charge in [-0.3, -0.25) is 0 Å². The van der Waals surface area contributed by atoms with E-state index in [-0.39, 0.29) is 35.2 Å². The fraction of sp³-hybridized carbons (Fsp3) is 0.600. The van der Waals surface area contributed by atoms with Crippen LogP contribution in [0, 0.1) is 0 Å². The Morgan fingerprint density at radius 3 is 0.405 bits per heavy atom. The van der Waals surface area contributed by atoms with Crippen molar-refractivity contribution in [1.29, 1.82) is 0 Å². The van der Waals surface area contributed by atoms with Crippen molar-refractivity contribution in [2.24, 2.45) is 0 Å². The number of nitrogens with zero attached hydrogens (tertiary/aromatic N) is 4. The third-order valence-corrected chi connectivity index (χ3v) is 38.0. The van der Waals surface area contributed by atoms with Crippen molar-refractivity contribution >= 4 is 158 Å². The zero-order valence-electron chi connectivity index (χ0n) is 52.3. The molecule has 20 radical (unpaired) electrons. The van der Waals surface area contributed by atoms with Crippen LogP contribution in [-0.4, -0.2) is 135 Å². The summed E-state index contributed by atoms with van der Waals surface area (Å²) in [6.07, 6.45) is 0. The Balaban J connectivity index is 0. The Morgan fingerprint density at radius 1 is 0.243 bits per heavy atom. The number of anilines is 4. The standard InChI is InChI=1S/4C15H26GeNSi.2Ge/c4*1-11(2)13-9-8-10-14(12(3)4)15(13)17(16)18(5,6)7;;/h4*8-12H,1-7H3;;. The molecule has 0 heterocycles. The summed E-state index contributed by atoms with van der Waals surface area (Å²) in [5.41, 5.74) is 17.9. The van der Waals surface area contributed by atoms with Gasteiger partial charge < -0.3 is 0 Å². The van der Waals surface area contributed by atoms with Gasteiger partial charge in [-0.25, -0.2) is 0 Å². The molecule has 4 rings (SSSR count). The molecule has 404 valence electrons. The van der Waals surface area contributed by atoms with Crippen LogP contribution in [0.4, 0.5) is 22.7 Å². The van der Waals surface area contributed by atoms with Crippen LogP contribution in [0.1, 0.15) is 203 Å². The van der Waals surface area contributed by atoms with E-state index >= 15 is 0 Å². The maximum absolute atomic E-state index is 2.57. The van der Waals surface area contributed by atoms with Gasteiger partial charge >= 0.3 is 491 Å². The smallest absolute Gasteiger partial charge is 0 e. The molecule has 0 aliphatic carbocycles. The Hall–Kier alpha value is 0.205. The summed E-state index contributed by atoms with van der Waals surface area (Å²) in [7, 11) is -5.29. The van der Waals surface area contributed by atoms with E-state index in [9.17, 15) is 0 Å². The molecular formula is C60H104Ge6N4Si4. The molecule has 0 saturated carbocycles. The van der Waals surface area contributed by atoms with Crippen molar-refractivity contribution in [3.63, 3.8) is 0 Å². The van der Waals surface area contributed by atoms with E-state index in [1.165, 1.54) is 67.3 Å². The third kappa shape index (κ3) is 22.3. The minimum absolute atomic E-state index is 0. The first-order valence-corrected chi connectivity index (χ1v) is 44.7. The van der Waals surface area contributed by atoms with E-state index < -0.39 is 32.9 Å². The number of hydrogen-bond acceptors (Lipinski definition) is 4. The van der Waals surface area contributed by atoms with Crippen LogP contribution >= 0.6 is 0 Å². The van der Waals surface area contributed by atoms with Gasteiger partial charge in [0.15, 0.2) is 0 Å². The maximum atomic E-state index is 2.57. The molecule has 0 aliphatic heterocycles. The van der Waals surface area contributed by atoms with Crippen LogP contribution in [0.25, 0.3) is 0 Å². The zero-order valence-corrected chi connectivity index (χ0v) is 68.9. The second-order valence-electron chi connectivity index (χ2n) is 26.4. The zero-order chi connectivity index (χ0) is 56.3. The maximum Gasteiger partial charge on any atom is 0 e. The van der Waals surface area contributed by atoms with Gasteiger partial charge in [-0.05, 0) is 0 Å². The molecule has 0 unspecified atom stereocenters. The summed E-state index contributed by atoms with van der Waals surface area (Å²) >= 11 is 9.11. The summed E-state index contributed by atoms with van der Waals surface area (Å²) in [4.78, 5) is 0. The number of para-hydroxylation sites is 4. The molecule has 14 heteroatoms. The molecule has 0 atom stereocenters. The number of hydrogen-bond donors (Lipinski definition) is 0. The summed E-state index contributed by atoms with van der Waals surface area (Å²) in [6, 6.07) is 27.2. The summed E-state index contributed by atoms with van der Waals surface area (Å²) in [5, 5.41) is 0. The first-order valence-electron chi connectivity index (χ1n) is 27.2. The Bertz CT molecular complexity index is 1850. The van der Waals surface area contributed by atoms with E-state index in [4.69, 9.17) is 0 Å². The summed E-state index contributed by atoms with van der Waals surface area (Å²) in [6.45, 7) is 65.6. The van der Waals surface area contributed by atoms with Crippen LogP contribution in [0.15, 0.2) is 72.8 Å². The van der Waals surface area contributed by atoms with Crippen LogP contribution in [0.2, 0.25) is 78.6 Å². The van der Waals surface area contributed by atoms with Gasteiger partial charge in [0, 0.05) is 35.2 Å². The van der Waals surface area contributed by atoms with Gasteiger partial charge in [-0.2, -0.15) is 0 Å². The Labute approximate surface area is 520 Å². The van der Waals surface area contributed by atoms with Gasteiger partial charge in [0.1, 0.15) is 0 Å². The molecule has 0 aliphatic rings. The third-order valence-electron chi connectivity index (χ3n) is 12.9. The second kappa shape index (κ2) is 32.6. The van der Waals surface area contributed by atoms with Gasteiger partial charge in [-0.15, -0.1) is 0 Å². The van der Waals surface area contributed by atoms with E-state index in [1.54, 1.807) is 0 Å². The Kier molecular flexibility index (Phi) is 33.6. The molecule has 4 aromatic rings. The van der Waals surface area contributed by atoms with Crippen molar-refractivity contribution < 1.29 is 0 Å². The van der Waals surface area contributed by atoms with Gasteiger partial charge in [0.2, 0.25) is 0 Å². The molecule has 0 amide bonds. The fourth-order valence-electron chi connectivity index (χ4n) is 8.42. The van der Waals surface area contributed by atoms with Crippen LogP contribution in [0.3, 0.4) is 0 Å². The van der Waals surface area contributed by atoms with E-state index in [2.05, 4.69) is 343 Å². The first kappa shape index (κ1) is 76.3. The average Bonchev–Trinajstić information content (AvgIpc) is 3.25. The molecule has 0 N–H and O–H groups in total. The van der Waals surface area contributed by atoms with Crippen molar-refractivity contribution in [1.82, 2.24) is 0 Å². The van der Waals surface area contributed by atoms with Crippen molar-refractivity contribution in [2.45, 2.75) is 237 Å². The quantitative estimate of drug-likeness (QED) is 0.104. The Morgan fingerprint density at radius 2 is 0.338 bits per heavy atom. The molecule has 0 spiro atoms. The van der Waals surface area contributed by atoms with Crippen molar-refractivity contribution in [3.05, 3.63) is 117 Å². The molecule has 0 aromatic heterocycles. The normalized spacial score (nSPS) is 12.0. The van der Waals surface area contributed by atoms with E-state index in [0.29, 0.717) is 47.3 Å². The van der Waals surface area contributed by atoms with E-state index in [1.807, 2.05) is 0 Å². The molecule has 0 saturated heterocycles. The summed E-state index contributed by atoms with van der Waals surface area (Å²) < 4.78 is 10.3. The molecule has 74 heavy (non-hydrogen) atoms. The van der Waals surface area contributed by atoms with Gasteiger partial charge in [0.25, 0.3) is 0 Å². The molecule has 4 aromatic carbocycles. The van der Waals surface area contributed by atoms with Gasteiger partial charge in [0.05, 0.1) is 0 Å². The second-order valence-corrected chi connectivity index (χ2v) is 53.1. The minimum Gasteiger partial charge on any atom is 0 e. The predicted molar refractivity (Wildman–Crippen MR) is 356 cm³/mol. The predicted octanol–water partition coefficient (Wildman–Crippen LogP) is 17.9. The molecule has 0 fully saturated rings. The SMILES string of the molecule is CC(C)c1cccc(C(C)C)c1[N]([Ge])[Si](C)(C)C.CC(C)c1cccc(C(C)C)c1[N]([Ge])[Si](C)(C)C.CC(C)c1cccc(C(C)C)c1[N]([Ge])[Si](C)(C)C.CC(C)c1cccc(C(C)C)c1[N]([Ge])[Si](C)(C)C.[Ge].[Ge]. The topological polar surface area (TPSA) is 13.0 Å². The first-order chi connectivity index (χ1) is 32.6. The molecule has 4 nitrogen and oxygen atoms in total. The largest absolute Gasteiger partial charge is 0 e. The van der Waals surface area contributed by atoms with Crippen molar-refractivity contribution in [2.75, 3.05) is 14.1 Å². The molecule has 0 bridgehead atoms. The van der Waals surface area contributed by atoms with E-state index in [0.717, 1.165) is 0 Å². The number of benzene rings is 4. The number of rotatable bonds is 16. The molecular weight excluding hydrogens is 1320 g/mol. The van der Waals surface area contributed by atoms with Crippen LogP contribution in [0.5, 0.6) is 0 Å². The summed E-state index contributed by atoms with van der Waals surface area (Å²) in [5.74, 6) is 4.65.